The van der Waals surface area contributed by atoms with E-state index in [0.29, 0.717) is 5.69 Å². The molecule has 0 bridgehead atoms. The van der Waals surface area contributed by atoms with E-state index < -0.39 is 24.1 Å². The number of hydrogen-bond acceptors (Lipinski definition) is 3. The molecule has 5 nitrogen and oxygen atoms in total. The predicted molar refractivity (Wildman–Crippen MR) is 61.1 cm³/mol. The van der Waals surface area contributed by atoms with Crippen LogP contribution in [-0.2, 0) is 9.59 Å². The topological polar surface area (TPSA) is 87.0 Å². The summed E-state index contributed by atoms with van der Waals surface area (Å²) < 4.78 is 0.744. The van der Waals surface area contributed by atoms with Crippen LogP contribution in [0.15, 0.2) is 33.7 Å². The van der Waals surface area contributed by atoms with E-state index in [4.69, 9.17) is 10.2 Å². The molecule has 84 valence electrons. The second kappa shape index (κ2) is 5.41. The van der Waals surface area contributed by atoms with Crippen molar-refractivity contribution < 1.29 is 19.8 Å². The van der Waals surface area contributed by atoms with Gasteiger partial charge in [-0.1, -0.05) is 22.0 Å². The highest BCUT2D eigenvalue weighted by Gasteiger charge is 2.13. The van der Waals surface area contributed by atoms with Crippen LogP contribution >= 0.6 is 15.9 Å². The highest BCUT2D eigenvalue weighted by molar-refractivity contribution is 9.10. The Morgan fingerprint density at radius 1 is 1.31 bits per heavy atom. The molecular formula is C10H8BrNO4. The number of benzene rings is 1. The quantitative estimate of drug-likeness (QED) is 0.829. The molecule has 0 aliphatic heterocycles. The fraction of sp³-hybridized carbons (Fsp3) is 0.100. The van der Waals surface area contributed by atoms with Crippen molar-refractivity contribution in [1.82, 2.24) is 0 Å². The van der Waals surface area contributed by atoms with Crippen LogP contribution in [0.25, 0.3) is 0 Å². The highest BCUT2D eigenvalue weighted by atomic mass is 79.9. The number of nitrogens with zero attached hydrogens (tertiary/aromatic N) is 1. The fourth-order valence-electron chi connectivity index (χ4n) is 1.01. The first-order valence-electron chi connectivity index (χ1n) is 4.27. The number of carbonyl (C=O) groups is 2. The van der Waals surface area contributed by atoms with Gasteiger partial charge in [-0.2, -0.15) is 0 Å². The lowest BCUT2D eigenvalue weighted by Gasteiger charge is -1.99. The van der Waals surface area contributed by atoms with Crippen LogP contribution in [-0.4, -0.2) is 27.9 Å². The molecule has 16 heavy (non-hydrogen) atoms. The molecule has 0 heterocycles. The summed E-state index contributed by atoms with van der Waals surface area (Å²) in [6.45, 7) is 0. The molecule has 0 aromatic heterocycles. The maximum atomic E-state index is 10.7. The smallest absolute Gasteiger partial charge is 0.350 e. The van der Waals surface area contributed by atoms with Crippen molar-refractivity contribution in [2.24, 2.45) is 4.99 Å². The largest absolute Gasteiger partial charge is 0.481 e. The Labute approximate surface area is 99.6 Å². The van der Waals surface area contributed by atoms with Gasteiger partial charge < -0.3 is 10.2 Å². The van der Waals surface area contributed by atoms with E-state index in [2.05, 4.69) is 20.9 Å². The third-order valence-corrected chi connectivity index (χ3v) is 2.13. The van der Waals surface area contributed by atoms with Gasteiger partial charge in [0.1, 0.15) is 5.71 Å². The Bertz CT molecular complexity index is 456. The average Bonchev–Trinajstić information content (AvgIpc) is 2.15. The van der Waals surface area contributed by atoms with E-state index in [0.717, 1.165) is 4.47 Å². The molecule has 1 aromatic carbocycles. The van der Waals surface area contributed by atoms with Gasteiger partial charge >= 0.3 is 11.9 Å². The molecule has 1 rings (SSSR count). The molecule has 1 aromatic rings. The van der Waals surface area contributed by atoms with Crippen molar-refractivity contribution in [3.05, 3.63) is 28.7 Å². The normalized spacial score (nSPS) is 11.2. The lowest BCUT2D eigenvalue weighted by atomic mass is 10.2. The van der Waals surface area contributed by atoms with Crippen LogP contribution in [0, 0.1) is 0 Å². The van der Waals surface area contributed by atoms with Gasteiger partial charge in [-0.05, 0) is 18.2 Å². The number of aliphatic carboxylic acids is 2. The third-order valence-electron chi connectivity index (χ3n) is 1.64. The lowest BCUT2D eigenvalue weighted by Crippen LogP contribution is -2.16. The third kappa shape index (κ3) is 3.82. The van der Waals surface area contributed by atoms with Gasteiger partial charge in [-0.25, -0.2) is 9.79 Å². The molecule has 0 aliphatic rings. The van der Waals surface area contributed by atoms with E-state index in [9.17, 15) is 9.59 Å². The van der Waals surface area contributed by atoms with Gasteiger partial charge in [0.15, 0.2) is 0 Å². The minimum atomic E-state index is -1.33. The lowest BCUT2D eigenvalue weighted by molar-refractivity contribution is -0.137. The van der Waals surface area contributed by atoms with Crippen molar-refractivity contribution in [1.29, 1.82) is 0 Å². The van der Waals surface area contributed by atoms with Crippen LogP contribution < -0.4 is 0 Å². The van der Waals surface area contributed by atoms with Crippen LogP contribution in [0.3, 0.4) is 0 Å². The Morgan fingerprint density at radius 2 is 2.00 bits per heavy atom. The summed E-state index contributed by atoms with van der Waals surface area (Å²) in [6, 6.07) is 6.64. The average molecular weight is 286 g/mol. The molecule has 0 amide bonds. The summed E-state index contributed by atoms with van der Waals surface area (Å²) >= 11 is 3.21. The fourth-order valence-corrected chi connectivity index (χ4v) is 1.39. The Hall–Kier alpha value is -1.69. The van der Waals surface area contributed by atoms with Crippen LogP contribution in [0.2, 0.25) is 0 Å². The van der Waals surface area contributed by atoms with Gasteiger partial charge in [-0.3, -0.25) is 4.79 Å². The molecule has 2 N–H and O–H groups in total. The zero-order valence-corrected chi connectivity index (χ0v) is 9.64. The van der Waals surface area contributed by atoms with Gasteiger partial charge in [0.2, 0.25) is 0 Å². The second-order valence-electron chi connectivity index (χ2n) is 2.91. The Balaban J connectivity index is 3.02. The summed E-state index contributed by atoms with van der Waals surface area (Å²) in [5.41, 5.74) is -0.00127. The van der Waals surface area contributed by atoms with Gasteiger partial charge in [-0.15, -0.1) is 0 Å². The first-order valence-corrected chi connectivity index (χ1v) is 5.06. The number of carboxylic acids is 2. The first kappa shape index (κ1) is 12.4. The number of rotatable bonds is 4. The Kier molecular flexibility index (Phi) is 4.19. The standard InChI is InChI=1S/C10H8BrNO4/c11-6-2-1-3-7(4-6)12-8(10(15)16)5-9(13)14/h1-4H,5H2,(H,13,14)(H,15,16). The molecule has 0 fully saturated rings. The second-order valence-corrected chi connectivity index (χ2v) is 3.83. The molecule has 0 radical (unpaired) electrons. The number of aliphatic imine (C=N–C) groups is 1. The minimum absolute atomic E-state index is 0.396. The van der Waals surface area contributed by atoms with Crippen molar-refractivity contribution >= 4 is 39.3 Å². The predicted octanol–water partition coefficient (Wildman–Crippen LogP) is 2.08. The molecule has 0 saturated carbocycles. The summed E-state index contributed by atoms with van der Waals surface area (Å²) in [5.74, 6) is -2.56. The van der Waals surface area contributed by atoms with Crippen LogP contribution in [0.1, 0.15) is 6.42 Å². The molecule has 0 spiro atoms. The molecule has 0 saturated heterocycles. The molecule has 0 aliphatic carbocycles. The van der Waals surface area contributed by atoms with Crippen molar-refractivity contribution in [2.45, 2.75) is 6.42 Å². The van der Waals surface area contributed by atoms with Crippen LogP contribution in [0.5, 0.6) is 0 Å². The van der Waals surface area contributed by atoms with Crippen molar-refractivity contribution in [3.8, 4) is 0 Å². The zero-order valence-electron chi connectivity index (χ0n) is 8.05. The summed E-state index contributed by atoms with van der Waals surface area (Å²) in [7, 11) is 0. The highest BCUT2D eigenvalue weighted by Crippen LogP contribution is 2.18. The van der Waals surface area contributed by atoms with Crippen molar-refractivity contribution in [2.75, 3.05) is 0 Å². The molecular weight excluding hydrogens is 278 g/mol. The van der Waals surface area contributed by atoms with Crippen molar-refractivity contribution in [3.63, 3.8) is 0 Å². The number of halogens is 1. The van der Waals surface area contributed by atoms with Crippen LogP contribution in [0.4, 0.5) is 5.69 Å². The van der Waals surface area contributed by atoms with E-state index in [-0.39, 0.29) is 0 Å². The maximum absolute atomic E-state index is 10.7. The van der Waals surface area contributed by atoms with Gasteiger partial charge in [0.05, 0.1) is 12.1 Å². The summed E-state index contributed by atoms with van der Waals surface area (Å²) in [4.78, 5) is 24.9. The van der Waals surface area contributed by atoms with Gasteiger partial charge in [0, 0.05) is 4.47 Å². The van der Waals surface area contributed by atoms with E-state index in [1.807, 2.05) is 0 Å². The van der Waals surface area contributed by atoms with E-state index in [1.165, 1.54) is 0 Å². The zero-order chi connectivity index (χ0) is 12.1. The molecule has 6 heteroatoms. The number of carboxylic acid groups (broad SMARTS) is 2. The Morgan fingerprint density at radius 3 is 2.50 bits per heavy atom. The van der Waals surface area contributed by atoms with E-state index in [1.54, 1.807) is 24.3 Å². The first-order chi connectivity index (χ1) is 7.49. The summed E-state index contributed by atoms with van der Waals surface area (Å²) in [5, 5.41) is 17.3. The molecule has 0 unspecified atom stereocenters. The maximum Gasteiger partial charge on any atom is 0.350 e. The van der Waals surface area contributed by atoms with E-state index >= 15 is 0 Å². The number of hydrogen-bond donors (Lipinski definition) is 2. The molecule has 0 atom stereocenters. The SMILES string of the molecule is O=C(O)CC(=Nc1cccc(Br)c1)C(=O)O. The minimum Gasteiger partial charge on any atom is -0.481 e. The van der Waals surface area contributed by atoms with Gasteiger partial charge in [0.25, 0.3) is 0 Å². The monoisotopic (exact) mass is 285 g/mol. The summed E-state index contributed by atoms with van der Waals surface area (Å²) in [6.07, 6.45) is -0.609.